The maximum Gasteiger partial charge on any atom is 0.0564 e. The zero-order valence-corrected chi connectivity index (χ0v) is 9.70. The SMILES string of the molecule is OC1CCN(CCCN2CCCC2)CC1. The van der Waals surface area contributed by atoms with Crippen LogP contribution in [0.5, 0.6) is 0 Å². The van der Waals surface area contributed by atoms with E-state index < -0.39 is 0 Å². The second-order valence-corrected chi connectivity index (χ2v) is 4.98. The van der Waals surface area contributed by atoms with Gasteiger partial charge in [-0.25, -0.2) is 0 Å². The van der Waals surface area contributed by atoms with Crippen molar-refractivity contribution in [3.63, 3.8) is 0 Å². The molecular weight excluding hydrogens is 188 g/mol. The van der Waals surface area contributed by atoms with Crippen LogP contribution >= 0.6 is 0 Å². The van der Waals surface area contributed by atoms with Gasteiger partial charge in [-0.2, -0.15) is 0 Å². The molecule has 0 aromatic heterocycles. The quantitative estimate of drug-likeness (QED) is 0.751. The second kappa shape index (κ2) is 5.83. The fourth-order valence-electron chi connectivity index (χ4n) is 2.67. The molecule has 0 amide bonds. The van der Waals surface area contributed by atoms with Crippen molar-refractivity contribution in [2.45, 2.75) is 38.2 Å². The summed E-state index contributed by atoms with van der Waals surface area (Å²) in [7, 11) is 0. The Balaban J connectivity index is 1.53. The standard InChI is InChI=1S/C12H24N2O/c15-12-4-10-14(11-5-12)9-3-8-13-6-1-2-7-13/h12,15H,1-11H2. The number of likely N-dealkylation sites (tertiary alicyclic amines) is 2. The summed E-state index contributed by atoms with van der Waals surface area (Å²) < 4.78 is 0. The smallest absolute Gasteiger partial charge is 0.0564 e. The van der Waals surface area contributed by atoms with Crippen LogP contribution in [0.25, 0.3) is 0 Å². The molecule has 15 heavy (non-hydrogen) atoms. The topological polar surface area (TPSA) is 26.7 Å². The fraction of sp³-hybridized carbons (Fsp3) is 1.00. The molecule has 2 aliphatic rings. The molecule has 0 unspecified atom stereocenters. The molecule has 88 valence electrons. The first-order valence-electron chi connectivity index (χ1n) is 6.47. The lowest BCUT2D eigenvalue weighted by Gasteiger charge is -2.29. The van der Waals surface area contributed by atoms with E-state index in [9.17, 15) is 5.11 Å². The van der Waals surface area contributed by atoms with Crippen LogP contribution in [0.3, 0.4) is 0 Å². The molecule has 3 heteroatoms. The minimum atomic E-state index is -0.0279. The van der Waals surface area contributed by atoms with Crippen LogP contribution in [-0.2, 0) is 0 Å². The third kappa shape index (κ3) is 3.74. The highest BCUT2D eigenvalue weighted by atomic mass is 16.3. The first-order valence-corrected chi connectivity index (χ1v) is 6.47. The van der Waals surface area contributed by atoms with E-state index in [1.807, 2.05) is 0 Å². The molecule has 0 spiro atoms. The molecule has 0 saturated carbocycles. The van der Waals surface area contributed by atoms with Gasteiger partial charge in [-0.05, 0) is 58.3 Å². The van der Waals surface area contributed by atoms with E-state index in [0.29, 0.717) is 0 Å². The van der Waals surface area contributed by atoms with Crippen molar-refractivity contribution in [2.24, 2.45) is 0 Å². The average molecular weight is 212 g/mol. The Kier molecular flexibility index (Phi) is 4.42. The van der Waals surface area contributed by atoms with Gasteiger partial charge in [0.2, 0.25) is 0 Å². The van der Waals surface area contributed by atoms with Crippen molar-refractivity contribution in [1.29, 1.82) is 0 Å². The maximum atomic E-state index is 9.39. The Bertz CT molecular complexity index is 172. The molecule has 2 rings (SSSR count). The molecule has 1 N–H and O–H groups in total. The zero-order valence-electron chi connectivity index (χ0n) is 9.70. The van der Waals surface area contributed by atoms with Crippen molar-refractivity contribution >= 4 is 0 Å². The van der Waals surface area contributed by atoms with Crippen LogP contribution in [0.1, 0.15) is 32.1 Å². The molecule has 0 aromatic carbocycles. The monoisotopic (exact) mass is 212 g/mol. The summed E-state index contributed by atoms with van der Waals surface area (Å²) >= 11 is 0. The number of nitrogens with zero attached hydrogens (tertiary/aromatic N) is 2. The van der Waals surface area contributed by atoms with E-state index in [0.717, 1.165) is 25.9 Å². The van der Waals surface area contributed by atoms with Crippen molar-refractivity contribution in [1.82, 2.24) is 9.80 Å². The van der Waals surface area contributed by atoms with Crippen LogP contribution in [0, 0.1) is 0 Å². The number of aliphatic hydroxyl groups is 1. The van der Waals surface area contributed by atoms with Gasteiger partial charge in [0, 0.05) is 13.1 Å². The van der Waals surface area contributed by atoms with E-state index in [1.165, 1.54) is 45.4 Å². The summed E-state index contributed by atoms with van der Waals surface area (Å²) in [6.07, 6.45) is 6.02. The molecule has 0 atom stereocenters. The highest BCUT2D eigenvalue weighted by Crippen LogP contribution is 2.11. The van der Waals surface area contributed by atoms with Crippen molar-refractivity contribution in [3.8, 4) is 0 Å². The molecule has 0 radical (unpaired) electrons. The molecule has 3 nitrogen and oxygen atoms in total. The van der Waals surface area contributed by atoms with Gasteiger partial charge in [0.1, 0.15) is 0 Å². The van der Waals surface area contributed by atoms with Gasteiger partial charge in [-0.3, -0.25) is 0 Å². The van der Waals surface area contributed by atoms with Gasteiger partial charge in [0.25, 0.3) is 0 Å². The number of hydrogen-bond acceptors (Lipinski definition) is 3. The van der Waals surface area contributed by atoms with Crippen LogP contribution in [-0.4, -0.2) is 60.3 Å². The molecule has 2 fully saturated rings. The number of aliphatic hydroxyl groups excluding tert-OH is 1. The lowest BCUT2D eigenvalue weighted by Crippen LogP contribution is -2.37. The Labute approximate surface area is 93.1 Å². The lowest BCUT2D eigenvalue weighted by atomic mass is 10.1. The normalized spacial score (nSPS) is 26.2. The Morgan fingerprint density at radius 3 is 2.00 bits per heavy atom. The highest BCUT2D eigenvalue weighted by Gasteiger charge is 2.17. The van der Waals surface area contributed by atoms with Gasteiger partial charge >= 0.3 is 0 Å². The maximum absolute atomic E-state index is 9.39. The summed E-state index contributed by atoms with van der Waals surface area (Å²) in [4.78, 5) is 5.08. The Morgan fingerprint density at radius 2 is 1.40 bits per heavy atom. The van der Waals surface area contributed by atoms with Gasteiger partial charge in [0.15, 0.2) is 0 Å². The third-order valence-electron chi connectivity index (χ3n) is 3.70. The van der Waals surface area contributed by atoms with Crippen LogP contribution < -0.4 is 0 Å². The van der Waals surface area contributed by atoms with Gasteiger partial charge in [0.05, 0.1) is 6.10 Å². The second-order valence-electron chi connectivity index (χ2n) is 4.98. The minimum absolute atomic E-state index is 0.0279. The van der Waals surface area contributed by atoms with Crippen molar-refractivity contribution in [2.75, 3.05) is 39.3 Å². The summed E-state index contributed by atoms with van der Waals surface area (Å²) in [5.41, 5.74) is 0. The molecule has 0 aliphatic carbocycles. The number of hydrogen-bond donors (Lipinski definition) is 1. The summed E-state index contributed by atoms with van der Waals surface area (Å²) in [6.45, 7) is 7.34. The largest absolute Gasteiger partial charge is 0.393 e. The van der Waals surface area contributed by atoms with E-state index >= 15 is 0 Å². The van der Waals surface area contributed by atoms with E-state index in [2.05, 4.69) is 9.80 Å². The highest BCUT2D eigenvalue weighted by molar-refractivity contribution is 4.72. The molecule has 0 aromatic rings. The average Bonchev–Trinajstić information content (AvgIpc) is 2.74. The van der Waals surface area contributed by atoms with Crippen molar-refractivity contribution < 1.29 is 5.11 Å². The van der Waals surface area contributed by atoms with Crippen LogP contribution in [0.2, 0.25) is 0 Å². The molecular formula is C12H24N2O. The lowest BCUT2D eigenvalue weighted by molar-refractivity contribution is 0.0807. The summed E-state index contributed by atoms with van der Waals surface area (Å²) in [5, 5.41) is 9.39. The Hall–Kier alpha value is -0.120. The first kappa shape index (κ1) is 11.4. The van der Waals surface area contributed by atoms with Gasteiger partial charge in [-0.1, -0.05) is 0 Å². The number of rotatable bonds is 4. The van der Waals surface area contributed by atoms with Gasteiger partial charge in [-0.15, -0.1) is 0 Å². The molecule has 2 aliphatic heterocycles. The third-order valence-corrected chi connectivity index (χ3v) is 3.70. The van der Waals surface area contributed by atoms with E-state index in [-0.39, 0.29) is 6.10 Å². The summed E-state index contributed by atoms with van der Waals surface area (Å²) in [6, 6.07) is 0. The summed E-state index contributed by atoms with van der Waals surface area (Å²) in [5.74, 6) is 0. The van der Waals surface area contributed by atoms with E-state index in [1.54, 1.807) is 0 Å². The van der Waals surface area contributed by atoms with Crippen molar-refractivity contribution in [3.05, 3.63) is 0 Å². The predicted octanol–water partition coefficient (Wildman–Crippen LogP) is 0.929. The van der Waals surface area contributed by atoms with Crippen LogP contribution in [0.15, 0.2) is 0 Å². The van der Waals surface area contributed by atoms with Crippen LogP contribution in [0.4, 0.5) is 0 Å². The molecule has 0 bridgehead atoms. The fourth-order valence-corrected chi connectivity index (χ4v) is 2.67. The van der Waals surface area contributed by atoms with E-state index in [4.69, 9.17) is 0 Å². The Morgan fingerprint density at radius 1 is 0.867 bits per heavy atom. The zero-order chi connectivity index (χ0) is 10.5. The minimum Gasteiger partial charge on any atom is -0.393 e. The molecule has 2 heterocycles. The van der Waals surface area contributed by atoms with Gasteiger partial charge < -0.3 is 14.9 Å². The first-order chi connectivity index (χ1) is 7.34. The molecule has 2 saturated heterocycles. The number of piperidine rings is 1. The predicted molar refractivity (Wildman–Crippen MR) is 62.0 cm³/mol.